The lowest BCUT2D eigenvalue weighted by molar-refractivity contribution is -0.116. The number of ether oxygens (including phenoxy) is 1. The van der Waals surface area contributed by atoms with Gasteiger partial charge in [-0.15, -0.1) is 5.10 Å². The Balaban J connectivity index is 1.85. The number of hydrogen-bond donors (Lipinski definition) is 1. The van der Waals surface area contributed by atoms with E-state index >= 15 is 0 Å². The van der Waals surface area contributed by atoms with Crippen LogP contribution in [0.2, 0.25) is 0 Å². The van der Waals surface area contributed by atoms with E-state index in [1.54, 1.807) is 16.8 Å². The number of fused-ring (bicyclic) bond motifs is 2. The molecule has 29 heavy (non-hydrogen) atoms. The fourth-order valence-corrected chi connectivity index (χ4v) is 4.33. The van der Waals surface area contributed by atoms with Gasteiger partial charge in [-0.25, -0.2) is 5.01 Å². The molecule has 0 radical (unpaired) electrons. The quantitative estimate of drug-likeness (QED) is 0.747. The van der Waals surface area contributed by atoms with Gasteiger partial charge in [-0.1, -0.05) is 61.5 Å². The third-order valence-electron chi connectivity index (χ3n) is 4.75. The second kappa shape index (κ2) is 8.69. The van der Waals surface area contributed by atoms with Crippen molar-refractivity contribution in [1.82, 2.24) is 10.3 Å². The Labute approximate surface area is 174 Å². The van der Waals surface area contributed by atoms with Crippen LogP contribution in [0.1, 0.15) is 38.4 Å². The van der Waals surface area contributed by atoms with E-state index in [1.807, 2.05) is 55.5 Å². The van der Waals surface area contributed by atoms with Gasteiger partial charge in [0.2, 0.25) is 0 Å². The molecule has 0 saturated carbocycles. The summed E-state index contributed by atoms with van der Waals surface area (Å²) in [7, 11) is 0. The van der Waals surface area contributed by atoms with Gasteiger partial charge in [0, 0.05) is 16.5 Å². The van der Waals surface area contributed by atoms with Crippen molar-refractivity contribution in [3.63, 3.8) is 0 Å². The predicted octanol–water partition coefficient (Wildman–Crippen LogP) is 2.76. The van der Waals surface area contributed by atoms with Crippen molar-refractivity contribution in [3.8, 4) is 5.75 Å². The van der Waals surface area contributed by atoms with Gasteiger partial charge in [-0.05, 0) is 25.5 Å². The van der Waals surface area contributed by atoms with Crippen LogP contribution in [-0.2, 0) is 4.79 Å². The van der Waals surface area contributed by atoms with Gasteiger partial charge in [-0.3, -0.25) is 15.1 Å². The fraction of sp³-hybridized carbons (Fsp3) is 0.318. The predicted molar refractivity (Wildman–Crippen MR) is 116 cm³/mol. The molecule has 1 unspecified atom stereocenters. The maximum absolute atomic E-state index is 13.1. The molecule has 1 N–H and O–H groups in total. The summed E-state index contributed by atoms with van der Waals surface area (Å²) < 4.78 is 5.84. The highest BCUT2D eigenvalue weighted by Gasteiger charge is 2.35. The molecule has 2 aliphatic rings. The first-order chi connectivity index (χ1) is 14.2. The van der Waals surface area contributed by atoms with Gasteiger partial charge in [0.1, 0.15) is 11.4 Å². The van der Waals surface area contributed by atoms with E-state index in [9.17, 15) is 4.79 Å². The minimum atomic E-state index is -0.463. The Morgan fingerprint density at radius 1 is 1.14 bits per heavy atom. The Bertz CT molecular complexity index is 1070. The maximum atomic E-state index is 13.1. The van der Waals surface area contributed by atoms with Crippen molar-refractivity contribution in [2.24, 2.45) is 10.1 Å². The third kappa shape index (κ3) is 3.87. The maximum Gasteiger partial charge on any atom is 0.276 e. The van der Waals surface area contributed by atoms with Crippen molar-refractivity contribution >= 4 is 28.5 Å². The highest BCUT2D eigenvalue weighted by atomic mass is 32.2. The molecular weight excluding hydrogens is 384 g/mol. The van der Waals surface area contributed by atoms with E-state index in [4.69, 9.17) is 14.8 Å². The summed E-state index contributed by atoms with van der Waals surface area (Å²) in [6.45, 7) is 4.66. The number of carbonyl (C=O) groups is 1. The molecule has 2 heterocycles. The standard InChI is InChI=1S/C22H24N4O2S/c1-3-5-14-29-22-24-21(27)19-15-10-6-8-12-17(15)23-20(26(19)25-22)16-11-7-9-13-18(16)28-4-2/h6-13,20H,3-5,14H2,1-2H3,(H,24,25,27). The summed E-state index contributed by atoms with van der Waals surface area (Å²) in [5.41, 5.74) is 1.41. The monoisotopic (exact) mass is 408 g/mol. The van der Waals surface area contributed by atoms with Crippen LogP contribution in [0.3, 0.4) is 0 Å². The first-order valence-electron chi connectivity index (χ1n) is 9.93. The Hall–Kier alpha value is -2.80. The van der Waals surface area contributed by atoms with Gasteiger partial charge in [-0.2, -0.15) is 0 Å². The van der Waals surface area contributed by atoms with Crippen LogP contribution in [0, 0.1) is 0 Å². The van der Waals surface area contributed by atoms with E-state index in [0.29, 0.717) is 17.5 Å². The van der Waals surface area contributed by atoms with Crippen LogP contribution in [0.15, 0.2) is 58.6 Å². The molecule has 0 spiro atoms. The summed E-state index contributed by atoms with van der Waals surface area (Å²) in [6.07, 6.45) is 1.71. The summed E-state index contributed by atoms with van der Waals surface area (Å²) in [5, 5.41) is 11.7. The lowest BCUT2D eigenvalue weighted by Crippen LogP contribution is -2.50. The average molecular weight is 409 g/mol. The molecule has 0 aliphatic carbocycles. The van der Waals surface area contributed by atoms with Gasteiger partial charge >= 0.3 is 0 Å². The molecule has 0 aromatic heterocycles. The highest BCUT2D eigenvalue weighted by molar-refractivity contribution is 8.13. The zero-order valence-corrected chi connectivity index (χ0v) is 17.4. The Kier molecular flexibility index (Phi) is 5.85. The topological polar surface area (TPSA) is 66.3 Å². The molecule has 2 aromatic carbocycles. The number of unbranched alkanes of at least 4 members (excludes halogenated alkanes) is 1. The Morgan fingerprint density at radius 3 is 2.76 bits per heavy atom. The van der Waals surface area contributed by atoms with Crippen molar-refractivity contribution in [2.75, 3.05) is 12.4 Å². The summed E-state index contributed by atoms with van der Waals surface area (Å²) >= 11 is 1.56. The molecule has 6 nitrogen and oxygen atoms in total. The van der Waals surface area contributed by atoms with Crippen LogP contribution < -0.4 is 20.6 Å². The molecule has 2 aromatic rings. The third-order valence-corrected chi connectivity index (χ3v) is 5.70. The SMILES string of the molecule is CCCCSC1=NN2C(=c3ccccc3=NC2c2ccccc2OCC)C(=O)N1. The van der Waals surface area contributed by atoms with Crippen LogP contribution in [0.5, 0.6) is 5.75 Å². The number of hydrazone groups is 1. The second-order valence-electron chi connectivity index (χ2n) is 6.75. The number of para-hydroxylation sites is 2. The molecule has 1 atom stereocenters. The van der Waals surface area contributed by atoms with E-state index < -0.39 is 6.17 Å². The lowest BCUT2D eigenvalue weighted by atomic mass is 10.1. The summed E-state index contributed by atoms with van der Waals surface area (Å²) in [4.78, 5) is 18.0. The average Bonchev–Trinajstić information content (AvgIpc) is 2.74. The summed E-state index contributed by atoms with van der Waals surface area (Å²) in [5.74, 6) is 1.51. The van der Waals surface area contributed by atoms with Crippen LogP contribution in [0.25, 0.3) is 5.70 Å². The molecular formula is C22H24N4O2S. The number of carbonyl (C=O) groups excluding carboxylic acids is 1. The molecule has 0 bridgehead atoms. The minimum Gasteiger partial charge on any atom is -0.493 e. The van der Waals surface area contributed by atoms with Crippen molar-refractivity contribution in [3.05, 3.63) is 64.7 Å². The first-order valence-corrected chi connectivity index (χ1v) is 10.9. The number of amidine groups is 1. The van der Waals surface area contributed by atoms with Crippen molar-refractivity contribution in [2.45, 2.75) is 32.9 Å². The number of thioether (sulfide) groups is 1. The van der Waals surface area contributed by atoms with Gasteiger partial charge in [0.05, 0.1) is 12.0 Å². The van der Waals surface area contributed by atoms with Gasteiger partial charge < -0.3 is 4.74 Å². The van der Waals surface area contributed by atoms with E-state index in [2.05, 4.69) is 12.2 Å². The number of amides is 1. The molecule has 2 aliphatic heterocycles. The molecule has 7 heteroatoms. The van der Waals surface area contributed by atoms with E-state index in [-0.39, 0.29) is 5.91 Å². The van der Waals surface area contributed by atoms with Gasteiger partial charge in [0.25, 0.3) is 5.91 Å². The normalized spacial score (nSPS) is 17.7. The van der Waals surface area contributed by atoms with Crippen LogP contribution in [-0.4, -0.2) is 28.4 Å². The largest absolute Gasteiger partial charge is 0.493 e. The first kappa shape index (κ1) is 19.5. The number of benzene rings is 2. The van der Waals surface area contributed by atoms with E-state index in [0.717, 1.165) is 40.5 Å². The Morgan fingerprint density at radius 2 is 1.93 bits per heavy atom. The van der Waals surface area contributed by atoms with Gasteiger partial charge in [0.15, 0.2) is 11.3 Å². The number of rotatable bonds is 6. The molecule has 0 saturated heterocycles. The van der Waals surface area contributed by atoms with Crippen molar-refractivity contribution < 1.29 is 9.53 Å². The highest BCUT2D eigenvalue weighted by Crippen LogP contribution is 2.35. The zero-order valence-electron chi connectivity index (χ0n) is 16.6. The molecule has 4 rings (SSSR count). The van der Waals surface area contributed by atoms with Crippen LogP contribution >= 0.6 is 11.8 Å². The lowest BCUT2D eigenvalue weighted by Gasteiger charge is -2.34. The molecule has 150 valence electrons. The van der Waals surface area contributed by atoms with E-state index in [1.165, 1.54) is 0 Å². The molecule has 1 amide bonds. The van der Waals surface area contributed by atoms with Crippen molar-refractivity contribution in [1.29, 1.82) is 0 Å². The number of hydrogen-bond acceptors (Lipinski definition) is 6. The smallest absolute Gasteiger partial charge is 0.276 e. The second-order valence-corrected chi connectivity index (χ2v) is 7.83. The molecule has 0 fully saturated rings. The number of nitrogens with one attached hydrogen (secondary N) is 1. The number of nitrogens with zero attached hydrogens (tertiary/aromatic N) is 3. The fourth-order valence-electron chi connectivity index (χ4n) is 3.39. The minimum absolute atomic E-state index is 0.153. The zero-order chi connectivity index (χ0) is 20.2. The van der Waals surface area contributed by atoms with Crippen LogP contribution in [0.4, 0.5) is 0 Å². The summed E-state index contributed by atoms with van der Waals surface area (Å²) in [6, 6.07) is 15.5.